The van der Waals surface area contributed by atoms with Crippen LogP contribution in [0.5, 0.6) is 11.5 Å². The maximum absolute atomic E-state index is 10.7. The normalized spacial score (nSPS) is 12.3. The van der Waals surface area contributed by atoms with E-state index in [-0.39, 0.29) is 11.8 Å². The van der Waals surface area contributed by atoms with Gasteiger partial charge in [0, 0.05) is 22.7 Å². The minimum Gasteiger partial charge on any atom is -0.505 e. The van der Waals surface area contributed by atoms with Gasteiger partial charge in [-0.25, -0.2) is 0 Å². The van der Waals surface area contributed by atoms with Gasteiger partial charge in [-0.3, -0.25) is 4.98 Å². The summed E-state index contributed by atoms with van der Waals surface area (Å²) in [4.78, 5) is 4.30. The fraction of sp³-hybridized carbons (Fsp3) is 0.211. The molecule has 0 spiro atoms. The minimum absolute atomic E-state index is 0.184. The lowest BCUT2D eigenvalue weighted by Gasteiger charge is -2.22. The third-order valence-corrected chi connectivity index (χ3v) is 4.07. The number of nitrogens with one attached hydrogen (secondary N) is 1. The van der Waals surface area contributed by atoms with E-state index in [2.05, 4.69) is 16.4 Å². The van der Waals surface area contributed by atoms with Crippen molar-refractivity contribution in [3.63, 3.8) is 0 Å². The highest BCUT2D eigenvalue weighted by Gasteiger charge is 2.21. The lowest BCUT2D eigenvalue weighted by molar-refractivity contribution is 0.403. The predicted molar refractivity (Wildman–Crippen MR) is 92.0 cm³/mol. The van der Waals surface area contributed by atoms with Crippen LogP contribution in [0.25, 0.3) is 10.9 Å². The van der Waals surface area contributed by atoms with Gasteiger partial charge in [0.25, 0.3) is 0 Å². The standard InChI is InChI=1S/C19H20N2O2/c1-12-6-9-16(23-3)15(11-12)18(20-2)14-8-7-13-5-4-10-21-17(13)19(14)22/h4-11,18,20,22H,1-3H3. The van der Waals surface area contributed by atoms with Gasteiger partial charge in [-0.05, 0) is 26.1 Å². The van der Waals surface area contributed by atoms with E-state index in [1.54, 1.807) is 13.3 Å². The summed E-state index contributed by atoms with van der Waals surface area (Å²) >= 11 is 0. The number of aromatic hydroxyl groups is 1. The number of hydrogen-bond acceptors (Lipinski definition) is 4. The number of phenolic OH excluding ortho intramolecular Hbond substituents is 1. The molecule has 0 aliphatic rings. The Morgan fingerprint density at radius 2 is 1.96 bits per heavy atom. The zero-order chi connectivity index (χ0) is 16.4. The average molecular weight is 308 g/mol. The molecule has 1 aromatic heterocycles. The summed E-state index contributed by atoms with van der Waals surface area (Å²) in [7, 11) is 3.52. The number of ether oxygens (including phenoxy) is 1. The second-order valence-electron chi connectivity index (χ2n) is 5.55. The molecule has 1 unspecified atom stereocenters. The van der Waals surface area contributed by atoms with E-state index in [0.717, 1.165) is 27.8 Å². The molecule has 0 amide bonds. The van der Waals surface area contributed by atoms with Gasteiger partial charge in [-0.15, -0.1) is 0 Å². The van der Waals surface area contributed by atoms with Crippen molar-refractivity contribution in [3.8, 4) is 11.5 Å². The van der Waals surface area contributed by atoms with E-state index >= 15 is 0 Å². The Hall–Kier alpha value is -2.59. The average Bonchev–Trinajstić information content (AvgIpc) is 2.58. The number of methoxy groups -OCH3 is 1. The third-order valence-electron chi connectivity index (χ3n) is 4.07. The molecular weight excluding hydrogens is 288 g/mol. The molecule has 4 heteroatoms. The molecule has 0 saturated heterocycles. The Labute approximate surface area is 135 Å². The smallest absolute Gasteiger partial charge is 0.146 e. The first kappa shape index (κ1) is 15.3. The molecule has 2 N–H and O–H groups in total. The van der Waals surface area contributed by atoms with Crippen molar-refractivity contribution in [2.45, 2.75) is 13.0 Å². The molecule has 23 heavy (non-hydrogen) atoms. The molecule has 0 aliphatic carbocycles. The summed E-state index contributed by atoms with van der Waals surface area (Å²) in [5.41, 5.74) is 3.51. The summed E-state index contributed by atoms with van der Waals surface area (Å²) in [6.07, 6.45) is 1.69. The monoisotopic (exact) mass is 308 g/mol. The molecule has 2 aromatic carbocycles. The Balaban J connectivity index is 2.19. The molecule has 1 atom stereocenters. The maximum atomic E-state index is 10.7. The number of nitrogens with zero attached hydrogens (tertiary/aromatic N) is 1. The van der Waals surface area contributed by atoms with Crippen molar-refractivity contribution in [2.24, 2.45) is 0 Å². The molecule has 4 nitrogen and oxygen atoms in total. The molecule has 0 bridgehead atoms. The summed E-state index contributed by atoms with van der Waals surface area (Å²) < 4.78 is 5.49. The van der Waals surface area contributed by atoms with Gasteiger partial charge in [0.15, 0.2) is 0 Å². The number of aromatic nitrogens is 1. The number of fused-ring (bicyclic) bond motifs is 1. The SMILES string of the molecule is CNC(c1cc(C)ccc1OC)c1ccc2cccnc2c1O. The Kier molecular flexibility index (Phi) is 4.17. The number of phenols is 1. The first-order valence-corrected chi connectivity index (χ1v) is 7.54. The summed E-state index contributed by atoms with van der Waals surface area (Å²) in [5, 5.41) is 14.9. The number of aryl methyl sites for hydroxylation is 1. The molecular formula is C19H20N2O2. The van der Waals surface area contributed by atoms with Crippen LogP contribution in [-0.4, -0.2) is 24.2 Å². The van der Waals surface area contributed by atoms with E-state index in [1.807, 2.05) is 50.4 Å². The van der Waals surface area contributed by atoms with Crippen LogP contribution in [-0.2, 0) is 0 Å². The number of hydrogen-bond donors (Lipinski definition) is 2. The number of benzene rings is 2. The van der Waals surface area contributed by atoms with E-state index in [0.29, 0.717) is 5.52 Å². The van der Waals surface area contributed by atoms with Crippen molar-refractivity contribution in [1.29, 1.82) is 0 Å². The minimum atomic E-state index is -0.184. The lowest BCUT2D eigenvalue weighted by atomic mass is 9.94. The zero-order valence-corrected chi connectivity index (χ0v) is 13.5. The van der Waals surface area contributed by atoms with E-state index in [9.17, 15) is 5.11 Å². The predicted octanol–water partition coefficient (Wildman–Crippen LogP) is 3.57. The molecule has 1 heterocycles. The van der Waals surface area contributed by atoms with E-state index < -0.39 is 0 Å². The molecule has 0 radical (unpaired) electrons. The third kappa shape index (κ3) is 2.73. The highest BCUT2D eigenvalue weighted by atomic mass is 16.5. The second kappa shape index (κ2) is 6.26. The van der Waals surface area contributed by atoms with Gasteiger partial charge < -0.3 is 15.2 Å². The van der Waals surface area contributed by atoms with Crippen molar-refractivity contribution in [1.82, 2.24) is 10.3 Å². The van der Waals surface area contributed by atoms with Gasteiger partial charge in [0.05, 0.1) is 13.2 Å². The molecule has 0 fully saturated rings. The Morgan fingerprint density at radius 3 is 2.70 bits per heavy atom. The largest absolute Gasteiger partial charge is 0.505 e. The van der Waals surface area contributed by atoms with Crippen LogP contribution in [0.2, 0.25) is 0 Å². The van der Waals surface area contributed by atoms with Gasteiger partial charge >= 0.3 is 0 Å². The molecule has 3 aromatic rings. The number of pyridine rings is 1. The molecule has 0 aliphatic heterocycles. The van der Waals surface area contributed by atoms with Crippen LogP contribution in [0.15, 0.2) is 48.7 Å². The topological polar surface area (TPSA) is 54.4 Å². The highest BCUT2D eigenvalue weighted by Crippen LogP contribution is 2.37. The van der Waals surface area contributed by atoms with E-state index in [4.69, 9.17) is 4.74 Å². The van der Waals surface area contributed by atoms with E-state index in [1.165, 1.54) is 0 Å². The van der Waals surface area contributed by atoms with Crippen LogP contribution in [0, 0.1) is 6.92 Å². The van der Waals surface area contributed by atoms with Gasteiger partial charge in [0.1, 0.15) is 17.0 Å². The maximum Gasteiger partial charge on any atom is 0.146 e. The van der Waals surface area contributed by atoms with Crippen LogP contribution in [0.3, 0.4) is 0 Å². The molecule has 0 saturated carbocycles. The van der Waals surface area contributed by atoms with Gasteiger partial charge in [0.2, 0.25) is 0 Å². The van der Waals surface area contributed by atoms with Crippen LogP contribution < -0.4 is 10.1 Å². The van der Waals surface area contributed by atoms with Crippen molar-refractivity contribution in [3.05, 3.63) is 65.4 Å². The first-order chi connectivity index (χ1) is 11.2. The zero-order valence-electron chi connectivity index (χ0n) is 13.5. The number of rotatable bonds is 4. The highest BCUT2D eigenvalue weighted by molar-refractivity contribution is 5.85. The Bertz CT molecular complexity index is 846. The van der Waals surface area contributed by atoms with Crippen molar-refractivity contribution < 1.29 is 9.84 Å². The quantitative estimate of drug-likeness (QED) is 0.773. The molecule has 118 valence electrons. The van der Waals surface area contributed by atoms with Gasteiger partial charge in [-0.1, -0.05) is 35.9 Å². The Morgan fingerprint density at radius 1 is 1.13 bits per heavy atom. The first-order valence-electron chi connectivity index (χ1n) is 7.54. The van der Waals surface area contributed by atoms with Crippen molar-refractivity contribution >= 4 is 10.9 Å². The van der Waals surface area contributed by atoms with Gasteiger partial charge in [-0.2, -0.15) is 0 Å². The molecule has 3 rings (SSSR count). The lowest BCUT2D eigenvalue weighted by Crippen LogP contribution is -2.19. The van der Waals surface area contributed by atoms with Crippen LogP contribution >= 0.6 is 0 Å². The van der Waals surface area contributed by atoms with Crippen LogP contribution in [0.4, 0.5) is 0 Å². The summed E-state index contributed by atoms with van der Waals surface area (Å²) in [6, 6.07) is 13.6. The second-order valence-corrected chi connectivity index (χ2v) is 5.55. The van der Waals surface area contributed by atoms with Crippen molar-refractivity contribution in [2.75, 3.05) is 14.2 Å². The fourth-order valence-corrected chi connectivity index (χ4v) is 2.94. The van der Waals surface area contributed by atoms with Crippen LogP contribution in [0.1, 0.15) is 22.7 Å². The summed E-state index contributed by atoms with van der Waals surface area (Å²) in [5.74, 6) is 0.987. The summed E-state index contributed by atoms with van der Waals surface area (Å²) in [6.45, 7) is 2.04. The fourth-order valence-electron chi connectivity index (χ4n) is 2.94.